The number of aryl methyl sites for hydroxylation is 1. The highest BCUT2D eigenvalue weighted by molar-refractivity contribution is 8.15. The molecular weight excluding hydrogens is 465 g/mol. The Morgan fingerprint density at radius 3 is 2.54 bits per heavy atom. The largest absolute Gasteiger partial charge is 0.497 e. The van der Waals surface area contributed by atoms with Crippen molar-refractivity contribution < 1.29 is 18.7 Å². The second kappa shape index (κ2) is 11.2. The van der Waals surface area contributed by atoms with Crippen molar-refractivity contribution in [2.24, 2.45) is 4.99 Å². The Morgan fingerprint density at radius 2 is 1.86 bits per heavy atom. The first-order valence-electron chi connectivity index (χ1n) is 11.2. The van der Waals surface area contributed by atoms with Crippen molar-refractivity contribution in [3.05, 3.63) is 89.7 Å². The zero-order valence-electron chi connectivity index (χ0n) is 19.5. The maximum Gasteiger partial charge on any atom is 0.242 e. The lowest BCUT2D eigenvalue weighted by atomic mass is 10.1. The molecule has 1 saturated heterocycles. The molecule has 4 rings (SSSR count). The molecular formula is C27H26FN3O3S. The summed E-state index contributed by atoms with van der Waals surface area (Å²) in [7, 11) is 1.61. The van der Waals surface area contributed by atoms with Crippen molar-refractivity contribution in [3.63, 3.8) is 0 Å². The van der Waals surface area contributed by atoms with Crippen LogP contribution >= 0.6 is 11.8 Å². The van der Waals surface area contributed by atoms with Crippen LogP contribution in [0.1, 0.15) is 17.5 Å². The SMILES string of the molecule is COc1ccc(CCN2C(=O)[C@@H](CC(=O)Nc3cccc(C)c3)SC2=Nc2ccc(F)cc2)cc1. The van der Waals surface area contributed by atoms with Crippen LogP contribution in [0.3, 0.4) is 0 Å². The minimum absolute atomic E-state index is 0.0267. The molecule has 0 spiro atoms. The third-order valence-electron chi connectivity index (χ3n) is 5.53. The number of carbonyl (C=O) groups excluding carboxylic acids is 2. The topological polar surface area (TPSA) is 71.0 Å². The van der Waals surface area contributed by atoms with Gasteiger partial charge in [0.25, 0.3) is 0 Å². The molecule has 2 amide bonds. The number of benzene rings is 3. The molecule has 0 aliphatic carbocycles. The predicted octanol–water partition coefficient (Wildman–Crippen LogP) is 5.35. The highest BCUT2D eigenvalue weighted by atomic mass is 32.2. The molecule has 1 aliphatic heterocycles. The Balaban J connectivity index is 1.49. The molecule has 1 aliphatic rings. The number of carbonyl (C=O) groups is 2. The summed E-state index contributed by atoms with van der Waals surface area (Å²) in [6, 6.07) is 21.0. The van der Waals surface area contributed by atoms with Crippen LogP contribution in [0.2, 0.25) is 0 Å². The molecule has 0 unspecified atom stereocenters. The van der Waals surface area contributed by atoms with Crippen LogP contribution in [0, 0.1) is 12.7 Å². The van der Waals surface area contributed by atoms with Gasteiger partial charge in [-0.3, -0.25) is 14.5 Å². The Morgan fingerprint density at radius 1 is 1.11 bits per heavy atom. The molecule has 1 N–H and O–H groups in total. The van der Waals surface area contributed by atoms with Crippen molar-refractivity contribution in [2.45, 2.75) is 25.0 Å². The minimum atomic E-state index is -0.588. The van der Waals surface area contributed by atoms with E-state index < -0.39 is 5.25 Å². The third-order valence-corrected chi connectivity index (χ3v) is 6.70. The number of hydrogen-bond donors (Lipinski definition) is 1. The van der Waals surface area contributed by atoms with Gasteiger partial charge in [0.1, 0.15) is 16.8 Å². The van der Waals surface area contributed by atoms with E-state index in [2.05, 4.69) is 10.3 Å². The molecule has 0 saturated carbocycles. The summed E-state index contributed by atoms with van der Waals surface area (Å²) in [6.45, 7) is 2.36. The van der Waals surface area contributed by atoms with Gasteiger partial charge in [0, 0.05) is 18.7 Å². The number of amides is 2. The Bertz CT molecular complexity index is 1230. The van der Waals surface area contributed by atoms with Crippen LogP contribution in [0.4, 0.5) is 15.8 Å². The molecule has 0 aromatic heterocycles. The summed E-state index contributed by atoms with van der Waals surface area (Å²) in [4.78, 5) is 32.2. The standard InChI is InChI=1S/C27H26FN3O3S/c1-18-4-3-5-22(16-18)29-25(32)17-24-26(33)31(15-14-19-6-12-23(34-2)13-7-19)27(35-24)30-21-10-8-20(28)9-11-21/h3-13,16,24H,14-15,17H2,1-2H3,(H,29,32)/t24-/m1/s1. The normalized spacial score (nSPS) is 16.5. The van der Waals surface area contributed by atoms with Gasteiger partial charge in [-0.2, -0.15) is 0 Å². The first kappa shape index (κ1) is 24.5. The lowest BCUT2D eigenvalue weighted by molar-refractivity contribution is -0.128. The Labute approximate surface area is 208 Å². The number of rotatable bonds is 8. The van der Waals surface area contributed by atoms with Crippen LogP contribution in [0.15, 0.2) is 77.8 Å². The van der Waals surface area contributed by atoms with Crippen LogP contribution < -0.4 is 10.1 Å². The molecule has 6 nitrogen and oxygen atoms in total. The van der Waals surface area contributed by atoms with Gasteiger partial charge in [-0.25, -0.2) is 9.38 Å². The molecule has 3 aromatic carbocycles. The van der Waals surface area contributed by atoms with Crippen molar-refractivity contribution in [3.8, 4) is 5.75 Å². The summed E-state index contributed by atoms with van der Waals surface area (Å²) in [5.74, 6) is 0.00862. The summed E-state index contributed by atoms with van der Waals surface area (Å²) < 4.78 is 18.5. The van der Waals surface area contributed by atoms with Gasteiger partial charge < -0.3 is 10.1 Å². The van der Waals surface area contributed by atoms with E-state index in [9.17, 15) is 14.0 Å². The van der Waals surface area contributed by atoms with Gasteiger partial charge in [-0.05, 0) is 73.0 Å². The van der Waals surface area contributed by atoms with Crippen LogP contribution in [-0.4, -0.2) is 40.8 Å². The Hall–Kier alpha value is -3.65. The minimum Gasteiger partial charge on any atom is -0.497 e. The fourth-order valence-electron chi connectivity index (χ4n) is 3.69. The average molecular weight is 492 g/mol. The number of methoxy groups -OCH3 is 1. The summed E-state index contributed by atoms with van der Waals surface area (Å²) in [6.07, 6.45) is 0.639. The molecule has 0 radical (unpaired) electrons. The lowest BCUT2D eigenvalue weighted by Crippen LogP contribution is -2.35. The number of thioether (sulfide) groups is 1. The van der Waals surface area contributed by atoms with E-state index >= 15 is 0 Å². The van der Waals surface area contributed by atoms with E-state index in [1.807, 2.05) is 55.5 Å². The molecule has 0 bridgehead atoms. The van der Waals surface area contributed by atoms with Gasteiger partial charge in [0.15, 0.2) is 5.17 Å². The molecule has 35 heavy (non-hydrogen) atoms. The molecule has 1 atom stereocenters. The lowest BCUT2D eigenvalue weighted by Gasteiger charge is -2.17. The van der Waals surface area contributed by atoms with E-state index in [0.29, 0.717) is 29.5 Å². The van der Waals surface area contributed by atoms with Gasteiger partial charge >= 0.3 is 0 Å². The average Bonchev–Trinajstić information content (AvgIpc) is 3.13. The van der Waals surface area contributed by atoms with Gasteiger partial charge in [-0.15, -0.1) is 0 Å². The van der Waals surface area contributed by atoms with E-state index in [-0.39, 0.29) is 24.1 Å². The molecule has 1 fully saturated rings. The monoisotopic (exact) mass is 491 g/mol. The highest BCUT2D eigenvalue weighted by Crippen LogP contribution is 2.32. The third kappa shape index (κ3) is 6.48. The number of hydrogen-bond acceptors (Lipinski definition) is 5. The number of aliphatic imine (C=N–C) groups is 1. The first-order valence-corrected chi connectivity index (χ1v) is 12.1. The van der Waals surface area contributed by atoms with Crippen LogP contribution in [0.25, 0.3) is 0 Å². The van der Waals surface area contributed by atoms with E-state index in [1.165, 1.54) is 23.9 Å². The molecule has 180 valence electrons. The summed E-state index contributed by atoms with van der Waals surface area (Å²) in [5, 5.41) is 2.78. The van der Waals surface area contributed by atoms with E-state index in [0.717, 1.165) is 16.9 Å². The van der Waals surface area contributed by atoms with Crippen LogP contribution in [0.5, 0.6) is 5.75 Å². The van der Waals surface area contributed by atoms with E-state index in [1.54, 1.807) is 24.1 Å². The number of halogens is 1. The fraction of sp³-hybridized carbons (Fsp3) is 0.222. The first-order chi connectivity index (χ1) is 16.9. The van der Waals surface area contributed by atoms with Crippen LogP contribution in [-0.2, 0) is 16.0 Å². The second-order valence-corrected chi connectivity index (χ2v) is 9.36. The number of nitrogens with one attached hydrogen (secondary N) is 1. The second-order valence-electron chi connectivity index (χ2n) is 8.19. The fourth-order valence-corrected chi connectivity index (χ4v) is 4.88. The highest BCUT2D eigenvalue weighted by Gasteiger charge is 2.39. The zero-order valence-corrected chi connectivity index (χ0v) is 20.3. The number of nitrogens with zero attached hydrogens (tertiary/aromatic N) is 2. The maximum absolute atomic E-state index is 13.3. The van der Waals surface area contributed by atoms with Gasteiger partial charge in [0.2, 0.25) is 11.8 Å². The van der Waals surface area contributed by atoms with Crippen molar-refractivity contribution >= 4 is 40.1 Å². The van der Waals surface area contributed by atoms with Gasteiger partial charge in [0.05, 0.1) is 12.8 Å². The number of amidine groups is 1. The molecule has 8 heteroatoms. The van der Waals surface area contributed by atoms with Gasteiger partial charge in [-0.1, -0.05) is 36.0 Å². The zero-order chi connectivity index (χ0) is 24.8. The maximum atomic E-state index is 13.3. The summed E-state index contributed by atoms with van der Waals surface area (Å²) >= 11 is 1.26. The molecule has 1 heterocycles. The van der Waals surface area contributed by atoms with Crippen molar-refractivity contribution in [1.29, 1.82) is 0 Å². The summed E-state index contributed by atoms with van der Waals surface area (Å²) in [5.41, 5.74) is 3.32. The number of anilines is 1. The number of ether oxygens (including phenoxy) is 1. The Kier molecular flexibility index (Phi) is 7.82. The van der Waals surface area contributed by atoms with Crippen molar-refractivity contribution in [1.82, 2.24) is 4.90 Å². The van der Waals surface area contributed by atoms with Crippen molar-refractivity contribution in [2.75, 3.05) is 19.0 Å². The quantitative estimate of drug-likeness (QED) is 0.461. The molecule has 3 aromatic rings. The smallest absolute Gasteiger partial charge is 0.242 e. The predicted molar refractivity (Wildman–Crippen MR) is 138 cm³/mol. The van der Waals surface area contributed by atoms with E-state index in [4.69, 9.17) is 4.74 Å².